The Morgan fingerprint density at radius 1 is 0.968 bits per heavy atom. The van der Waals surface area contributed by atoms with Gasteiger partial charge in [0.15, 0.2) is 5.65 Å². The summed E-state index contributed by atoms with van der Waals surface area (Å²) in [4.78, 5) is 0.109. The van der Waals surface area contributed by atoms with Crippen LogP contribution in [0.25, 0.3) is 5.65 Å². The minimum Gasteiger partial charge on any atom is -0.497 e. The highest BCUT2D eigenvalue weighted by Gasteiger charge is 2.29. The highest BCUT2D eigenvalue weighted by Crippen LogP contribution is 2.30. The largest absolute Gasteiger partial charge is 0.497 e. The second kappa shape index (κ2) is 8.03. The van der Waals surface area contributed by atoms with Crippen LogP contribution < -0.4 is 9.04 Å². The minimum atomic E-state index is -3.95. The van der Waals surface area contributed by atoms with Crippen molar-refractivity contribution >= 4 is 21.4 Å². The number of pyridine rings is 1. The van der Waals surface area contributed by atoms with Crippen LogP contribution in [-0.2, 0) is 16.6 Å². The van der Waals surface area contributed by atoms with Gasteiger partial charge in [0, 0.05) is 6.20 Å². The van der Waals surface area contributed by atoms with Crippen LogP contribution in [0.5, 0.6) is 5.75 Å². The van der Waals surface area contributed by atoms with Crippen molar-refractivity contribution < 1.29 is 13.2 Å². The number of aryl methyl sites for hydroxylation is 3. The van der Waals surface area contributed by atoms with E-state index in [2.05, 4.69) is 10.2 Å². The molecule has 0 bridgehead atoms. The second-order valence-corrected chi connectivity index (χ2v) is 9.35. The van der Waals surface area contributed by atoms with Gasteiger partial charge in [-0.15, -0.1) is 10.2 Å². The van der Waals surface area contributed by atoms with Crippen LogP contribution in [-0.4, -0.2) is 30.1 Å². The third kappa shape index (κ3) is 3.98. The van der Waals surface area contributed by atoms with E-state index in [1.807, 2.05) is 56.3 Å². The summed E-state index contributed by atoms with van der Waals surface area (Å²) in [6.07, 6.45) is 1.76. The Morgan fingerprint density at radius 2 is 1.71 bits per heavy atom. The maximum atomic E-state index is 14.0. The van der Waals surface area contributed by atoms with E-state index in [0.29, 0.717) is 22.9 Å². The molecule has 0 unspecified atom stereocenters. The van der Waals surface area contributed by atoms with Gasteiger partial charge in [0.25, 0.3) is 10.0 Å². The van der Waals surface area contributed by atoms with Crippen LogP contribution in [0, 0.1) is 20.8 Å². The Kier molecular flexibility index (Phi) is 5.41. The average molecular weight is 437 g/mol. The fourth-order valence-corrected chi connectivity index (χ4v) is 5.23. The summed E-state index contributed by atoms with van der Waals surface area (Å²) in [6.45, 7) is 5.84. The van der Waals surface area contributed by atoms with Gasteiger partial charge in [-0.3, -0.25) is 8.71 Å². The van der Waals surface area contributed by atoms with Crippen molar-refractivity contribution in [2.75, 3.05) is 11.4 Å². The van der Waals surface area contributed by atoms with Gasteiger partial charge >= 0.3 is 0 Å². The number of anilines is 1. The fourth-order valence-electron chi connectivity index (χ4n) is 3.67. The van der Waals surface area contributed by atoms with Gasteiger partial charge in [0.1, 0.15) is 16.5 Å². The molecule has 0 aliphatic carbocycles. The molecule has 0 atom stereocenters. The van der Waals surface area contributed by atoms with Crippen molar-refractivity contribution in [3.05, 3.63) is 83.3 Å². The number of nitrogens with zero attached hydrogens (tertiary/aromatic N) is 4. The van der Waals surface area contributed by atoms with E-state index < -0.39 is 10.0 Å². The zero-order valence-corrected chi connectivity index (χ0v) is 18.7. The number of benzene rings is 2. The lowest BCUT2D eigenvalue weighted by Gasteiger charge is -2.26. The number of sulfonamides is 1. The van der Waals surface area contributed by atoms with Gasteiger partial charge in [-0.2, -0.15) is 0 Å². The van der Waals surface area contributed by atoms with E-state index >= 15 is 0 Å². The number of aromatic nitrogens is 3. The summed E-state index contributed by atoms with van der Waals surface area (Å²) in [7, 11) is -2.36. The Morgan fingerprint density at radius 3 is 2.42 bits per heavy atom. The van der Waals surface area contributed by atoms with Crippen LogP contribution in [0.4, 0.5) is 5.69 Å². The van der Waals surface area contributed by atoms with Gasteiger partial charge in [-0.1, -0.05) is 18.2 Å². The number of fused-ring (bicyclic) bond motifs is 1. The predicted molar refractivity (Wildman–Crippen MR) is 120 cm³/mol. The van der Waals surface area contributed by atoms with Crippen LogP contribution in [0.15, 0.2) is 65.7 Å². The summed E-state index contributed by atoms with van der Waals surface area (Å²) in [5, 5.41) is 8.17. The van der Waals surface area contributed by atoms with Gasteiger partial charge in [0.2, 0.25) is 0 Å². The third-order valence-corrected chi connectivity index (χ3v) is 6.89. The highest BCUT2D eigenvalue weighted by molar-refractivity contribution is 7.93. The normalized spacial score (nSPS) is 11.6. The van der Waals surface area contributed by atoms with E-state index in [-0.39, 0.29) is 11.4 Å². The first-order valence-electron chi connectivity index (χ1n) is 9.84. The summed E-state index contributed by atoms with van der Waals surface area (Å²) >= 11 is 0. The second-order valence-electron chi connectivity index (χ2n) is 7.52. The van der Waals surface area contributed by atoms with Crippen molar-refractivity contribution in [2.45, 2.75) is 32.2 Å². The molecule has 7 nitrogen and oxygen atoms in total. The molecular weight excluding hydrogens is 412 g/mol. The highest BCUT2D eigenvalue weighted by atomic mass is 32.2. The summed E-state index contributed by atoms with van der Waals surface area (Å²) in [6, 6.07) is 16.4. The van der Waals surface area contributed by atoms with Crippen molar-refractivity contribution in [3.63, 3.8) is 0 Å². The number of rotatable bonds is 6. The molecular formula is C23H24N4O3S. The molecule has 0 saturated carbocycles. The van der Waals surface area contributed by atoms with Crippen LogP contribution in [0.2, 0.25) is 0 Å². The number of ether oxygens (including phenoxy) is 1. The summed E-state index contributed by atoms with van der Waals surface area (Å²) < 4.78 is 36.3. The van der Waals surface area contributed by atoms with E-state index in [4.69, 9.17) is 4.74 Å². The predicted octanol–water partition coefficient (Wildman–Crippen LogP) is 4.06. The fraction of sp³-hybridized carbons (Fsp3) is 0.217. The lowest BCUT2D eigenvalue weighted by Crippen LogP contribution is -2.31. The standard InChI is InChI=1S/C23H24N4O3S/c1-16-11-17(2)13-20(12-16)27(15-19-7-5-8-21(14-19)30-4)31(28,29)22-9-6-10-26-18(3)24-25-23(22)26/h5-14H,15H2,1-4H3. The molecule has 0 radical (unpaired) electrons. The van der Waals surface area contributed by atoms with Gasteiger partial charge < -0.3 is 4.74 Å². The summed E-state index contributed by atoms with van der Waals surface area (Å²) in [5.74, 6) is 1.29. The van der Waals surface area contributed by atoms with Crippen molar-refractivity contribution in [2.24, 2.45) is 0 Å². The van der Waals surface area contributed by atoms with Gasteiger partial charge in [0.05, 0.1) is 19.3 Å². The molecule has 31 heavy (non-hydrogen) atoms. The van der Waals surface area contributed by atoms with Crippen LogP contribution >= 0.6 is 0 Å². The van der Waals surface area contributed by atoms with E-state index in [9.17, 15) is 8.42 Å². The van der Waals surface area contributed by atoms with E-state index in [1.54, 1.807) is 36.8 Å². The quantitative estimate of drug-likeness (QED) is 0.456. The molecule has 0 spiro atoms. The maximum Gasteiger partial charge on any atom is 0.268 e. The molecule has 2 heterocycles. The van der Waals surface area contributed by atoms with Crippen molar-refractivity contribution in [3.8, 4) is 5.75 Å². The molecule has 4 rings (SSSR count). The first-order valence-corrected chi connectivity index (χ1v) is 11.3. The molecule has 0 aliphatic rings. The monoisotopic (exact) mass is 436 g/mol. The molecule has 160 valence electrons. The molecule has 2 aromatic heterocycles. The lowest BCUT2D eigenvalue weighted by atomic mass is 10.1. The van der Waals surface area contributed by atoms with E-state index in [1.165, 1.54) is 4.31 Å². The average Bonchev–Trinajstić information content (AvgIpc) is 3.12. The first kappa shape index (κ1) is 20.9. The SMILES string of the molecule is COc1cccc(CN(c2cc(C)cc(C)c2)S(=O)(=O)c2cccn3c(C)nnc23)c1. The molecule has 4 aromatic rings. The Labute approximate surface area is 182 Å². The third-order valence-electron chi connectivity index (χ3n) is 5.09. The van der Waals surface area contributed by atoms with Gasteiger partial charge in [-0.05, 0) is 73.9 Å². The molecule has 0 fully saturated rings. The van der Waals surface area contributed by atoms with Crippen LogP contribution in [0.1, 0.15) is 22.5 Å². The van der Waals surface area contributed by atoms with Gasteiger partial charge in [-0.25, -0.2) is 8.42 Å². The molecule has 0 aliphatic heterocycles. The molecule has 0 saturated heterocycles. The molecule has 2 aromatic carbocycles. The zero-order valence-electron chi connectivity index (χ0n) is 17.9. The summed E-state index contributed by atoms with van der Waals surface area (Å²) in [5.41, 5.74) is 3.68. The smallest absolute Gasteiger partial charge is 0.268 e. The Balaban J connectivity index is 1.90. The molecule has 0 N–H and O–H groups in total. The van der Waals surface area contributed by atoms with Crippen molar-refractivity contribution in [1.82, 2.24) is 14.6 Å². The van der Waals surface area contributed by atoms with Crippen LogP contribution in [0.3, 0.4) is 0 Å². The topological polar surface area (TPSA) is 76.8 Å². The molecule has 0 amide bonds. The zero-order chi connectivity index (χ0) is 22.2. The Bertz CT molecular complexity index is 1340. The lowest BCUT2D eigenvalue weighted by molar-refractivity contribution is 0.414. The minimum absolute atomic E-state index is 0.109. The van der Waals surface area contributed by atoms with Crippen molar-refractivity contribution in [1.29, 1.82) is 0 Å². The maximum absolute atomic E-state index is 14.0. The van der Waals surface area contributed by atoms with E-state index in [0.717, 1.165) is 16.7 Å². The first-order chi connectivity index (χ1) is 14.8. The number of hydrogen-bond donors (Lipinski definition) is 0. The Hall–Kier alpha value is -3.39. The molecule has 8 heteroatoms. The number of methoxy groups -OCH3 is 1. The number of hydrogen-bond acceptors (Lipinski definition) is 5.